The first-order valence-electron chi connectivity index (χ1n) is 11.4. The molecule has 1 saturated carbocycles. The minimum atomic E-state index is 0.412. The van der Waals surface area contributed by atoms with Crippen molar-refractivity contribution in [1.29, 1.82) is 0 Å². The topological polar surface area (TPSA) is 48.0 Å². The van der Waals surface area contributed by atoms with Gasteiger partial charge in [-0.15, -0.1) is 5.10 Å². The predicted octanol–water partition coefficient (Wildman–Crippen LogP) is 3.41. The standard InChI is InChI=1S/C23H35N5/c1-18(2)22(23-24-25-26-28(23)21-11-7-4-8-12-21)27-15-13-20(14-16-27)17-19-9-5-3-6-10-19/h3,5-6,9-10,18,20-22H,4,7-8,11-17H2,1-2H3/p+1/t22-/m0/s1. The van der Waals surface area contributed by atoms with Crippen LogP contribution in [0.2, 0.25) is 0 Å². The van der Waals surface area contributed by atoms with Crippen molar-refractivity contribution >= 4 is 0 Å². The van der Waals surface area contributed by atoms with E-state index in [1.54, 1.807) is 4.90 Å². The fourth-order valence-electron chi connectivity index (χ4n) is 5.45. The Morgan fingerprint density at radius 1 is 1.00 bits per heavy atom. The first kappa shape index (κ1) is 19.6. The van der Waals surface area contributed by atoms with Crippen LogP contribution in [0.4, 0.5) is 0 Å². The van der Waals surface area contributed by atoms with Gasteiger partial charge in [0.05, 0.1) is 19.1 Å². The van der Waals surface area contributed by atoms with Crippen LogP contribution in [0.25, 0.3) is 0 Å². The molecule has 0 radical (unpaired) electrons. The zero-order valence-electron chi connectivity index (χ0n) is 17.6. The molecule has 2 aliphatic rings. The van der Waals surface area contributed by atoms with Crippen LogP contribution in [0, 0.1) is 11.8 Å². The van der Waals surface area contributed by atoms with Crippen LogP contribution >= 0.6 is 0 Å². The van der Waals surface area contributed by atoms with E-state index in [4.69, 9.17) is 0 Å². The Morgan fingerprint density at radius 2 is 1.71 bits per heavy atom. The van der Waals surface area contributed by atoms with E-state index < -0.39 is 0 Å². The lowest BCUT2D eigenvalue weighted by Crippen LogP contribution is -3.14. The van der Waals surface area contributed by atoms with Crippen LogP contribution in [-0.2, 0) is 6.42 Å². The van der Waals surface area contributed by atoms with Gasteiger partial charge in [0, 0.05) is 5.92 Å². The van der Waals surface area contributed by atoms with Crippen LogP contribution in [-0.4, -0.2) is 33.3 Å². The minimum absolute atomic E-state index is 0.412. The summed E-state index contributed by atoms with van der Waals surface area (Å²) < 4.78 is 2.20. The summed E-state index contributed by atoms with van der Waals surface area (Å²) in [4.78, 5) is 1.69. The number of likely N-dealkylation sites (tertiary alicyclic amines) is 1. The molecule has 1 saturated heterocycles. The molecule has 0 spiro atoms. The summed E-state index contributed by atoms with van der Waals surface area (Å²) in [5.74, 6) is 2.50. The number of hydrogen-bond acceptors (Lipinski definition) is 3. The SMILES string of the molecule is CC(C)[C@@H](c1nnnn1C1CCCCC1)[NH+]1CCC(Cc2ccccc2)CC1. The molecule has 28 heavy (non-hydrogen) atoms. The van der Waals surface area contributed by atoms with Gasteiger partial charge in [0.2, 0.25) is 5.82 Å². The Balaban J connectivity index is 1.43. The van der Waals surface area contributed by atoms with Gasteiger partial charge in [0.1, 0.15) is 0 Å². The fraction of sp³-hybridized carbons (Fsp3) is 0.696. The van der Waals surface area contributed by atoms with Gasteiger partial charge < -0.3 is 4.90 Å². The second kappa shape index (κ2) is 9.17. The summed E-state index contributed by atoms with van der Waals surface area (Å²) in [6.45, 7) is 7.15. The second-order valence-corrected chi connectivity index (χ2v) is 9.29. The smallest absolute Gasteiger partial charge is 0.209 e. The Bertz CT molecular complexity index is 712. The second-order valence-electron chi connectivity index (χ2n) is 9.29. The predicted molar refractivity (Wildman–Crippen MR) is 111 cm³/mol. The van der Waals surface area contributed by atoms with Gasteiger partial charge in [-0.25, -0.2) is 4.68 Å². The van der Waals surface area contributed by atoms with E-state index in [9.17, 15) is 0 Å². The third-order valence-corrected chi connectivity index (χ3v) is 6.94. The van der Waals surface area contributed by atoms with Crippen molar-refractivity contribution in [1.82, 2.24) is 20.2 Å². The van der Waals surface area contributed by atoms with Crippen molar-refractivity contribution < 1.29 is 4.90 Å². The average Bonchev–Trinajstić information content (AvgIpc) is 3.20. The lowest BCUT2D eigenvalue weighted by Gasteiger charge is -2.36. The summed E-state index contributed by atoms with van der Waals surface area (Å²) in [6, 6.07) is 11.9. The van der Waals surface area contributed by atoms with Crippen LogP contribution in [0.1, 0.15) is 82.3 Å². The minimum Gasteiger partial charge on any atom is -0.326 e. The molecular formula is C23H36N5+. The lowest BCUT2D eigenvalue weighted by molar-refractivity contribution is -0.942. The van der Waals surface area contributed by atoms with Gasteiger partial charge in [0.25, 0.3) is 0 Å². The molecular weight excluding hydrogens is 346 g/mol. The highest BCUT2D eigenvalue weighted by atomic mass is 15.6. The molecule has 2 fully saturated rings. The third kappa shape index (κ3) is 4.45. The zero-order chi connectivity index (χ0) is 19.3. The van der Waals surface area contributed by atoms with Crippen LogP contribution in [0.5, 0.6) is 0 Å². The van der Waals surface area contributed by atoms with Crippen LogP contribution in [0.15, 0.2) is 30.3 Å². The number of rotatable bonds is 6. The van der Waals surface area contributed by atoms with E-state index in [1.165, 1.54) is 70.0 Å². The fourth-order valence-corrected chi connectivity index (χ4v) is 5.45. The van der Waals surface area contributed by atoms with Gasteiger partial charge in [-0.2, -0.15) is 0 Å². The maximum Gasteiger partial charge on any atom is 0.209 e. The van der Waals surface area contributed by atoms with E-state index in [0.29, 0.717) is 18.0 Å². The molecule has 0 bridgehead atoms. The van der Waals surface area contributed by atoms with Crippen molar-refractivity contribution in [2.45, 2.75) is 77.3 Å². The van der Waals surface area contributed by atoms with Crippen molar-refractivity contribution in [3.05, 3.63) is 41.7 Å². The molecule has 2 aromatic rings. The van der Waals surface area contributed by atoms with E-state index >= 15 is 0 Å². The molecule has 152 valence electrons. The summed E-state index contributed by atoms with van der Waals surface area (Å²) in [7, 11) is 0. The van der Waals surface area contributed by atoms with Gasteiger partial charge in [-0.1, -0.05) is 63.4 Å². The average molecular weight is 383 g/mol. The molecule has 2 heterocycles. The lowest BCUT2D eigenvalue weighted by atomic mass is 9.88. The van der Waals surface area contributed by atoms with Crippen molar-refractivity contribution in [3.63, 3.8) is 0 Å². The van der Waals surface area contributed by atoms with Crippen LogP contribution in [0.3, 0.4) is 0 Å². The van der Waals surface area contributed by atoms with E-state index in [1.807, 2.05) is 0 Å². The summed E-state index contributed by atoms with van der Waals surface area (Å²) in [5, 5.41) is 13.1. The molecule has 4 rings (SSSR count). The third-order valence-electron chi connectivity index (χ3n) is 6.94. The summed E-state index contributed by atoms with van der Waals surface area (Å²) in [6.07, 6.45) is 10.3. The van der Waals surface area contributed by atoms with E-state index in [0.717, 1.165) is 11.7 Å². The maximum atomic E-state index is 4.56. The molecule has 1 aromatic carbocycles. The maximum absolute atomic E-state index is 4.56. The Labute approximate surface area is 169 Å². The number of nitrogens with zero attached hydrogens (tertiary/aromatic N) is 4. The van der Waals surface area contributed by atoms with Crippen LogP contribution < -0.4 is 4.90 Å². The van der Waals surface area contributed by atoms with Gasteiger partial charge in [-0.05, 0) is 54.0 Å². The number of hydrogen-bond donors (Lipinski definition) is 1. The quantitative estimate of drug-likeness (QED) is 0.833. The van der Waals surface area contributed by atoms with Crippen molar-refractivity contribution in [2.24, 2.45) is 11.8 Å². The molecule has 1 N–H and O–H groups in total. The number of piperidine rings is 1. The normalized spacial score (nSPS) is 25.1. The molecule has 0 unspecified atom stereocenters. The number of nitrogens with one attached hydrogen (secondary N) is 1. The Morgan fingerprint density at radius 3 is 2.39 bits per heavy atom. The monoisotopic (exact) mass is 382 g/mol. The molecule has 1 aromatic heterocycles. The number of tetrazole rings is 1. The van der Waals surface area contributed by atoms with E-state index in [-0.39, 0.29) is 0 Å². The summed E-state index contributed by atoms with van der Waals surface area (Å²) >= 11 is 0. The Kier molecular flexibility index (Phi) is 6.40. The molecule has 1 atom stereocenters. The van der Waals surface area contributed by atoms with Crippen molar-refractivity contribution in [2.75, 3.05) is 13.1 Å². The molecule has 1 aliphatic carbocycles. The highest BCUT2D eigenvalue weighted by Gasteiger charge is 2.36. The first-order valence-corrected chi connectivity index (χ1v) is 11.4. The first-order chi connectivity index (χ1) is 13.7. The number of aromatic nitrogens is 4. The zero-order valence-corrected chi connectivity index (χ0v) is 17.6. The number of quaternary nitrogens is 1. The highest BCUT2D eigenvalue weighted by molar-refractivity contribution is 5.15. The largest absolute Gasteiger partial charge is 0.326 e. The molecule has 1 aliphatic heterocycles. The Hall–Kier alpha value is -1.75. The van der Waals surface area contributed by atoms with Gasteiger partial charge >= 0.3 is 0 Å². The van der Waals surface area contributed by atoms with Gasteiger partial charge in [-0.3, -0.25) is 0 Å². The van der Waals surface area contributed by atoms with Gasteiger partial charge in [0.15, 0.2) is 6.04 Å². The highest BCUT2D eigenvalue weighted by Crippen LogP contribution is 2.30. The molecule has 0 amide bonds. The number of benzene rings is 1. The molecule has 5 heteroatoms. The van der Waals surface area contributed by atoms with Crippen molar-refractivity contribution in [3.8, 4) is 0 Å². The molecule has 5 nitrogen and oxygen atoms in total. The van der Waals surface area contributed by atoms with E-state index in [2.05, 4.69) is 64.4 Å². The summed E-state index contributed by atoms with van der Waals surface area (Å²) in [5.41, 5.74) is 1.48.